The Morgan fingerprint density at radius 1 is 1.41 bits per heavy atom. The first kappa shape index (κ1) is 12.9. The predicted molar refractivity (Wildman–Crippen MR) is 73.4 cm³/mol. The molecule has 3 heteroatoms. The van der Waals surface area contributed by atoms with Crippen molar-refractivity contribution in [1.82, 2.24) is 10.2 Å². The summed E-state index contributed by atoms with van der Waals surface area (Å²) >= 11 is 6.11. The Hall–Kier alpha value is -0.570. The second-order valence-electron chi connectivity index (χ2n) is 4.97. The summed E-state index contributed by atoms with van der Waals surface area (Å²) < 4.78 is 0. The van der Waals surface area contributed by atoms with E-state index >= 15 is 0 Å². The second-order valence-corrected chi connectivity index (χ2v) is 5.38. The topological polar surface area (TPSA) is 15.3 Å². The van der Waals surface area contributed by atoms with E-state index in [1.165, 1.54) is 18.4 Å². The van der Waals surface area contributed by atoms with Crippen molar-refractivity contribution in [3.05, 3.63) is 34.9 Å². The largest absolute Gasteiger partial charge is 0.311 e. The molecule has 0 aromatic heterocycles. The van der Waals surface area contributed by atoms with Gasteiger partial charge in [0.25, 0.3) is 0 Å². The Balaban J connectivity index is 1.73. The third-order valence-corrected chi connectivity index (χ3v) is 3.90. The van der Waals surface area contributed by atoms with Crippen LogP contribution in [-0.4, -0.2) is 30.6 Å². The molecular formula is C14H21ClN2. The maximum absolute atomic E-state index is 6.11. The minimum Gasteiger partial charge on any atom is -0.311 e. The molecule has 0 saturated heterocycles. The van der Waals surface area contributed by atoms with Gasteiger partial charge in [0, 0.05) is 30.2 Å². The van der Waals surface area contributed by atoms with Gasteiger partial charge in [-0.05, 0) is 38.4 Å². The van der Waals surface area contributed by atoms with Gasteiger partial charge in [-0.2, -0.15) is 0 Å². The second kappa shape index (κ2) is 5.85. The fraction of sp³-hybridized carbons (Fsp3) is 0.571. The van der Waals surface area contributed by atoms with Crippen molar-refractivity contribution >= 4 is 11.6 Å². The van der Waals surface area contributed by atoms with Gasteiger partial charge in [0.05, 0.1) is 0 Å². The molecule has 94 valence electrons. The van der Waals surface area contributed by atoms with Gasteiger partial charge in [-0.1, -0.05) is 29.8 Å². The van der Waals surface area contributed by atoms with Crippen LogP contribution in [0.1, 0.15) is 25.3 Å². The van der Waals surface area contributed by atoms with E-state index in [-0.39, 0.29) is 0 Å². The lowest BCUT2D eigenvalue weighted by Gasteiger charge is -2.24. The van der Waals surface area contributed by atoms with Crippen molar-refractivity contribution in [2.24, 2.45) is 0 Å². The van der Waals surface area contributed by atoms with E-state index in [0.717, 1.165) is 24.2 Å². The summed E-state index contributed by atoms with van der Waals surface area (Å²) in [4.78, 5) is 2.47. The van der Waals surface area contributed by atoms with Crippen molar-refractivity contribution in [2.75, 3.05) is 13.6 Å². The molecule has 0 spiro atoms. The monoisotopic (exact) mass is 252 g/mol. The van der Waals surface area contributed by atoms with E-state index in [1.54, 1.807) is 0 Å². The lowest BCUT2D eigenvalue weighted by Crippen LogP contribution is -2.38. The van der Waals surface area contributed by atoms with Crippen molar-refractivity contribution in [1.29, 1.82) is 0 Å². The van der Waals surface area contributed by atoms with Crippen molar-refractivity contribution < 1.29 is 0 Å². The average Bonchev–Trinajstić information content (AvgIpc) is 3.14. The third kappa shape index (κ3) is 3.70. The standard InChI is InChI=1S/C14H21ClN2/c1-11(17(2)13-7-8-13)9-16-10-12-5-3-4-6-14(12)15/h3-6,11,13,16H,7-10H2,1-2H3. The molecule has 1 aliphatic carbocycles. The summed E-state index contributed by atoms with van der Waals surface area (Å²) in [6, 6.07) is 9.43. The lowest BCUT2D eigenvalue weighted by atomic mass is 10.2. The summed E-state index contributed by atoms with van der Waals surface area (Å²) in [5, 5.41) is 4.33. The van der Waals surface area contributed by atoms with E-state index in [2.05, 4.69) is 30.3 Å². The number of hydrogen-bond donors (Lipinski definition) is 1. The zero-order chi connectivity index (χ0) is 12.3. The smallest absolute Gasteiger partial charge is 0.0450 e. The molecule has 0 aliphatic heterocycles. The number of nitrogens with zero attached hydrogens (tertiary/aromatic N) is 1. The number of likely N-dealkylation sites (N-methyl/N-ethyl adjacent to an activating group) is 1. The van der Waals surface area contributed by atoms with E-state index in [4.69, 9.17) is 11.6 Å². The molecule has 1 aliphatic rings. The molecule has 1 unspecified atom stereocenters. The van der Waals surface area contributed by atoms with Crippen molar-refractivity contribution in [3.8, 4) is 0 Å². The average molecular weight is 253 g/mol. The first-order valence-electron chi connectivity index (χ1n) is 6.34. The molecule has 1 atom stereocenters. The third-order valence-electron chi connectivity index (χ3n) is 3.53. The van der Waals surface area contributed by atoms with Gasteiger partial charge in [-0.25, -0.2) is 0 Å². The molecule has 2 nitrogen and oxygen atoms in total. The first-order chi connectivity index (χ1) is 8.18. The minimum atomic E-state index is 0.588. The van der Waals surface area contributed by atoms with Crippen LogP contribution in [0.5, 0.6) is 0 Å². The van der Waals surface area contributed by atoms with E-state index in [9.17, 15) is 0 Å². The molecule has 2 rings (SSSR count). The Labute approximate surface area is 109 Å². The summed E-state index contributed by atoms with van der Waals surface area (Å²) in [6.45, 7) is 4.14. The summed E-state index contributed by atoms with van der Waals surface area (Å²) in [7, 11) is 2.22. The van der Waals surface area contributed by atoms with Gasteiger partial charge in [-0.15, -0.1) is 0 Å². The highest BCUT2D eigenvalue weighted by Gasteiger charge is 2.28. The highest BCUT2D eigenvalue weighted by molar-refractivity contribution is 6.31. The number of hydrogen-bond acceptors (Lipinski definition) is 2. The van der Waals surface area contributed by atoms with Crippen LogP contribution in [0.3, 0.4) is 0 Å². The summed E-state index contributed by atoms with van der Waals surface area (Å²) in [6.07, 6.45) is 2.73. The molecule has 1 fully saturated rings. The van der Waals surface area contributed by atoms with E-state index in [0.29, 0.717) is 6.04 Å². The van der Waals surface area contributed by atoms with Crippen LogP contribution in [0.15, 0.2) is 24.3 Å². The van der Waals surface area contributed by atoms with Crippen LogP contribution in [0.25, 0.3) is 0 Å². The van der Waals surface area contributed by atoms with E-state index < -0.39 is 0 Å². The SMILES string of the molecule is CC(CNCc1ccccc1Cl)N(C)C1CC1. The molecule has 1 aromatic rings. The lowest BCUT2D eigenvalue weighted by molar-refractivity contribution is 0.241. The van der Waals surface area contributed by atoms with E-state index in [1.807, 2.05) is 18.2 Å². The summed E-state index contributed by atoms with van der Waals surface area (Å²) in [5.74, 6) is 0. The highest BCUT2D eigenvalue weighted by atomic mass is 35.5. The maximum atomic E-state index is 6.11. The summed E-state index contributed by atoms with van der Waals surface area (Å²) in [5.41, 5.74) is 1.18. The maximum Gasteiger partial charge on any atom is 0.0450 e. The number of nitrogens with one attached hydrogen (secondary N) is 1. The molecule has 0 radical (unpaired) electrons. The first-order valence-corrected chi connectivity index (χ1v) is 6.72. The molecule has 0 heterocycles. The van der Waals surface area contributed by atoms with Crippen LogP contribution in [0, 0.1) is 0 Å². The van der Waals surface area contributed by atoms with Crippen molar-refractivity contribution in [3.63, 3.8) is 0 Å². The molecule has 1 saturated carbocycles. The van der Waals surface area contributed by atoms with Gasteiger partial charge in [0.2, 0.25) is 0 Å². The number of benzene rings is 1. The molecular weight excluding hydrogens is 232 g/mol. The van der Waals surface area contributed by atoms with Crippen LogP contribution in [0.2, 0.25) is 5.02 Å². The van der Waals surface area contributed by atoms with Crippen LogP contribution >= 0.6 is 11.6 Å². The molecule has 0 amide bonds. The fourth-order valence-corrected chi connectivity index (χ4v) is 2.25. The molecule has 1 N–H and O–H groups in total. The predicted octanol–water partition coefficient (Wildman–Crippen LogP) is 2.91. The quantitative estimate of drug-likeness (QED) is 0.838. The molecule has 1 aromatic carbocycles. The van der Waals surface area contributed by atoms with Crippen LogP contribution in [-0.2, 0) is 6.54 Å². The number of halogens is 1. The van der Waals surface area contributed by atoms with Gasteiger partial charge >= 0.3 is 0 Å². The van der Waals surface area contributed by atoms with Gasteiger partial charge < -0.3 is 5.32 Å². The Morgan fingerprint density at radius 3 is 2.76 bits per heavy atom. The number of rotatable bonds is 6. The Morgan fingerprint density at radius 2 is 2.12 bits per heavy atom. The van der Waals surface area contributed by atoms with Gasteiger partial charge in [0.15, 0.2) is 0 Å². The molecule has 17 heavy (non-hydrogen) atoms. The zero-order valence-corrected chi connectivity index (χ0v) is 11.4. The van der Waals surface area contributed by atoms with Crippen LogP contribution < -0.4 is 5.32 Å². The minimum absolute atomic E-state index is 0.588. The van der Waals surface area contributed by atoms with Crippen LogP contribution in [0.4, 0.5) is 0 Å². The normalized spacial score (nSPS) is 17.4. The van der Waals surface area contributed by atoms with Gasteiger partial charge in [-0.3, -0.25) is 4.90 Å². The molecule has 0 bridgehead atoms. The van der Waals surface area contributed by atoms with Crippen molar-refractivity contribution in [2.45, 2.75) is 38.4 Å². The zero-order valence-electron chi connectivity index (χ0n) is 10.6. The van der Waals surface area contributed by atoms with Gasteiger partial charge in [0.1, 0.15) is 0 Å². The highest BCUT2D eigenvalue weighted by Crippen LogP contribution is 2.26. The Kier molecular flexibility index (Phi) is 4.43. The fourth-order valence-electron chi connectivity index (χ4n) is 2.04. The Bertz CT molecular complexity index is 363.